The van der Waals surface area contributed by atoms with Gasteiger partial charge in [0.1, 0.15) is 17.2 Å². The summed E-state index contributed by atoms with van der Waals surface area (Å²) >= 11 is 7.48. The third-order valence-corrected chi connectivity index (χ3v) is 8.55. The lowest BCUT2D eigenvalue weighted by Crippen LogP contribution is -2.33. The van der Waals surface area contributed by atoms with E-state index in [0.717, 1.165) is 41.9 Å². The second kappa shape index (κ2) is 11.9. The highest BCUT2D eigenvalue weighted by Crippen LogP contribution is 2.57. The molecule has 5 rings (SSSR count). The van der Waals surface area contributed by atoms with Crippen molar-refractivity contribution in [1.29, 1.82) is 0 Å². The number of thiocarbonyl (C=S) groups is 1. The molecule has 2 N–H and O–H groups in total. The van der Waals surface area contributed by atoms with E-state index in [-0.39, 0.29) is 11.7 Å². The lowest BCUT2D eigenvalue weighted by molar-refractivity contribution is -0.140. The number of thioether (sulfide) groups is 1. The van der Waals surface area contributed by atoms with E-state index in [9.17, 15) is 14.7 Å². The summed E-state index contributed by atoms with van der Waals surface area (Å²) in [6.45, 7) is 1.97. The minimum absolute atomic E-state index is 0.0645. The fourth-order valence-corrected chi connectivity index (χ4v) is 6.41. The van der Waals surface area contributed by atoms with E-state index in [0.29, 0.717) is 51.7 Å². The molecule has 9 heteroatoms. The van der Waals surface area contributed by atoms with Crippen LogP contribution in [0.15, 0.2) is 54.6 Å². The molecule has 0 saturated heterocycles. The van der Waals surface area contributed by atoms with Gasteiger partial charge in [0, 0.05) is 29.2 Å². The van der Waals surface area contributed by atoms with Crippen molar-refractivity contribution >= 4 is 46.6 Å². The molecule has 0 aromatic heterocycles. The summed E-state index contributed by atoms with van der Waals surface area (Å²) in [6.07, 6.45) is 3.85. The van der Waals surface area contributed by atoms with Crippen LogP contribution >= 0.6 is 24.0 Å². The number of fused-ring (bicyclic) bond motifs is 6. The Labute approximate surface area is 243 Å². The van der Waals surface area contributed by atoms with Gasteiger partial charge in [-0.2, -0.15) is 11.8 Å². The van der Waals surface area contributed by atoms with E-state index >= 15 is 0 Å². The van der Waals surface area contributed by atoms with Gasteiger partial charge in [0.25, 0.3) is 0 Å². The maximum atomic E-state index is 13.5. The Kier molecular flexibility index (Phi) is 8.32. The van der Waals surface area contributed by atoms with Crippen LogP contribution in [-0.4, -0.2) is 40.6 Å². The van der Waals surface area contributed by atoms with Crippen LogP contribution in [0.1, 0.15) is 64.7 Å². The predicted molar refractivity (Wildman–Crippen MR) is 160 cm³/mol. The maximum Gasteiger partial charge on any atom is 0.342 e. The number of anilines is 1. The molecule has 2 heterocycles. The number of methoxy groups -OCH3 is 1. The van der Waals surface area contributed by atoms with Gasteiger partial charge in [0.05, 0.1) is 23.3 Å². The van der Waals surface area contributed by atoms with Crippen molar-refractivity contribution in [2.24, 2.45) is 0 Å². The van der Waals surface area contributed by atoms with E-state index in [1.807, 2.05) is 55.1 Å². The van der Waals surface area contributed by atoms with Crippen LogP contribution in [0.2, 0.25) is 0 Å². The Balaban J connectivity index is 1.32. The molecule has 2 aliphatic rings. The Morgan fingerprint density at radius 3 is 2.55 bits per heavy atom. The van der Waals surface area contributed by atoms with Gasteiger partial charge in [0.2, 0.25) is 0 Å². The molecule has 3 aromatic rings. The average Bonchev–Trinajstić information content (AvgIpc) is 3.23. The molecule has 208 valence electrons. The number of esters is 2. The van der Waals surface area contributed by atoms with Crippen LogP contribution < -0.4 is 10.1 Å². The van der Waals surface area contributed by atoms with E-state index in [2.05, 4.69) is 10.1 Å². The first-order valence-electron chi connectivity index (χ1n) is 13.3. The Morgan fingerprint density at radius 1 is 1.00 bits per heavy atom. The smallest absolute Gasteiger partial charge is 0.342 e. The summed E-state index contributed by atoms with van der Waals surface area (Å²) in [4.78, 5) is 25.4. The zero-order chi connectivity index (χ0) is 28.3. The Morgan fingerprint density at radius 2 is 1.75 bits per heavy atom. The standard InChI is InChI=1S/C31H31NO6S2/c1-19-11-13-21-25(17-19)37-26-18-20(33)12-14-22(26)31(21)23-7-5-8-24(29(23)30(35)38-31)32-27(39)9-6-16-40-15-4-3-10-28(34)36-2/h5,7-8,11-14,17-18,33H,3-4,6,9-10,15-16H2,1-2H3,(H,32,39). The molecular formula is C31H31NO6S2. The molecule has 0 fully saturated rings. The molecule has 3 aromatic carbocycles. The van der Waals surface area contributed by atoms with Crippen LogP contribution in [-0.2, 0) is 19.9 Å². The molecule has 0 bridgehead atoms. The number of ether oxygens (including phenoxy) is 3. The fourth-order valence-electron chi connectivity index (χ4n) is 5.19. The average molecular weight is 578 g/mol. The monoisotopic (exact) mass is 577 g/mol. The van der Waals surface area contributed by atoms with E-state index in [1.54, 1.807) is 18.2 Å². The number of phenolic OH excluding ortho intramolecular Hbond substituents is 1. The van der Waals surface area contributed by atoms with Gasteiger partial charge in [-0.3, -0.25) is 4.79 Å². The number of hydrogen-bond acceptors (Lipinski definition) is 8. The molecule has 1 unspecified atom stereocenters. The molecule has 7 nitrogen and oxygen atoms in total. The number of aryl methyl sites for hydroxylation is 1. The summed E-state index contributed by atoms with van der Waals surface area (Å²) in [5, 5.41) is 13.4. The number of phenols is 1. The molecule has 0 radical (unpaired) electrons. The minimum Gasteiger partial charge on any atom is -0.508 e. The van der Waals surface area contributed by atoms with Crippen molar-refractivity contribution in [3.05, 3.63) is 82.4 Å². The Hall–Kier alpha value is -3.56. The normalized spacial score (nSPS) is 16.4. The van der Waals surface area contributed by atoms with Crippen molar-refractivity contribution in [2.45, 2.75) is 44.6 Å². The van der Waals surface area contributed by atoms with E-state index in [4.69, 9.17) is 21.7 Å². The van der Waals surface area contributed by atoms with Crippen molar-refractivity contribution in [3.8, 4) is 17.2 Å². The number of benzene rings is 3. The number of nitrogens with one attached hydrogen (secondary N) is 1. The molecule has 1 atom stereocenters. The van der Waals surface area contributed by atoms with Gasteiger partial charge in [-0.05, 0) is 73.9 Å². The largest absolute Gasteiger partial charge is 0.508 e. The van der Waals surface area contributed by atoms with Gasteiger partial charge >= 0.3 is 11.9 Å². The number of carbonyl (C=O) groups excluding carboxylic acids is 2. The molecule has 0 aliphatic carbocycles. The van der Waals surface area contributed by atoms with Crippen molar-refractivity contribution in [3.63, 3.8) is 0 Å². The summed E-state index contributed by atoms with van der Waals surface area (Å²) in [5.74, 6) is 2.42. The number of aromatic hydroxyl groups is 1. The quantitative estimate of drug-likeness (QED) is 0.152. The van der Waals surface area contributed by atoms with Crippen LogP contribution in [0.5, 0.6) is 17.2 Å². The maximum absolute atomic E-state index is 13.5. The van der Waals surface area contributed by atoms with Crippen LogP contribution in [0, 0.1) is 6.92 Å². The number of hydrogen-bond donors (Lipinski definition) is 2. The minimum atomic E-state index is -1.21. The molecular weight excluding hydrogens is 546 g/mol. The third-order valence-electron chi connectivity index (χ3n) is 7.09. The van der Waals surface area contributed by atoms with Crippen molar-refractivity contribution in [2.75, 3.05) is 23.9 Å². The Bertz CT molecular complexity index is 1420. The summed E-state index contributed by atoms with van der Waals surface area (Å²) in [6, 6.07) is 16.3. The lowest BCUT2D eigenvalue weighted by atomic mass is 9.77. The number of rotatable bonds is 10. The van der Waals surface area contributed by atoms with Crippen molar-refractivity contribution in [1.82, 2.24) is 0 Å². The second-order valence-electron chi connectivity index (χ2n) is 9.88. The first-order valence-corrected chi connectivity index (χ1v) is 14.8. The molecule has 0 saturated carbocycles. The van der Waals surface area contributed by atoms with Crippen LogP contribution in [0.4, 0.5) is 5.69 Å². The fraction of sp³-hybridized carbons (Fsp3) is 0.323. The van der Waals surface area contributed by atoms with E-state index < -0.39 is 11.6 Å². The highest BCUT2D eigenvalue weighted by molar-refractivity contribution is 7.99. The van der Waals surface area contributed by atoms with Gasteiger partial charge in [-0.25, -0.2) is 4.79 Å². The highest BCUT2D eigenvalue weighted by Gasteiger charge is 2.54. The summed E-state index contributed by atoms with van der Waals surface area (Å²) in [7, 11) is 1.41. The molecule has 40 heavy (non-hydrogen) atoms. The zero-order valence-corrected chi connectivity index (χ0v) is 24.1. The highest BCUT2D eigenvalue weighted by atomic mass is 32.2. The molecule has 2 aliphatic heterocycles. The van der Waals surface area contributed by atoms with Gasteiger partial charge in [0.15, 0.2) is 5.60 Å². The van der Waals surface area contributed by atoms with Crippen LogP contribution in [0.25, 0.3) is 0 Å². The lowest BCUT2D eigenvalue weighted by Gasteiger charge is -2.36. The SMILES string of the molecule is COC(=O)CCCCSCCCC(=S)Nc1cccc2c1C(=O)OC21c2ccc(C)cc2Oc2cc(O)ccc21. The first-order chi connectivity index (χ1) is 19.3. The van der Waals surface area contributed by atoms with Gasteiger partial charge < -0.3 is 24.6 Å². The summed E-state index contributed by atoms with van der Waals surface area (Å²) in [5.41, 5.74) is 2.93. The zero-order valence-electron chi connectivity index (χ0n) is 22.5. The van der Waals surface area contributed by atoms with Gasteiger partial charge in [-0.1, -0.05) is 36.5 Å². The molecule has 1 spiro atoms. The topological polar surface area (TPSA) is 94.1 Å². The summed E-state index contributed by atoms with van der Waals surface area (Å²) < 4.78 is 17.1. The first kappa shape index (κ1) is 28.0. The van der Waals surface area contributed by atoms with Crippen LogP contribution in [0.3, 0.4) is 0 Å². The number of carbonyl (C=O) groups is 2. The number of unbranched alkanes of at least 4 members (excludes halogenated alkanes) is 1. The van der Waals surface area contributed by atoms with Gasteiger partial charge in [-0.15, -0.1) is 0 Å². The third kappa shape index (κ3) is 5.40. The van der Waals surface area contributed by atoms with E-state index in [1.165, 1.54) is 7.11 Å². The second-order valence-corrected chi connectivity index (χ2v) is 11.6. The predicted octanol–water partition coefficient (Wildman–Crippen LogP) is 6.86. The molecule has 0 amide bonds. The van der Waals surface area contributed by atoms with Crippen molar-refractivity contribution < 1.29 is 28.9 Å².